The minimum absolute atomic E-state index is 0.281. The highest BCUT2D eigenvalue weighted by Gasteiger charge is 2.23. The van der Waals surface area contributed by atoms with Gasteiger partial charge in [-0.3, -0.25) is 4.98 Å². The minimum Gasteiger partial charge on any atom is -0.370 e. The minimum atomic E-state index is -0.281. The van der Waals surface area contributed by atoms with E-state index in [-0.39, 0.29) is 5.82 Å². The summed E-state index contributed by atoms with van der Waals surface area (Å²) in [5, 5.41) is 8.10. The Morgan fingerprint density at radius 3 is 2.74 bits per heavy atom. The van der Waals surface area contributed by atoms with Crippen molar-refractivity contribution in [1.82, 2.24) is 14.8 Å². The maximum absolute atomic E-state index is 14.3. The molecule has 3 heterocycles. The SMILES string of the molecule is Fc1ccccc1-n1nc(-c2ccccn2)c2c1NCCCC2. The van der Waals surface area contributed by atoms with Crippen molar-refractivity contribution >= 4 is 5.82 Å². The molecule has 23 heavy (non-hydrogen) atoms. The molecule has 0 amide bonds. The third-order valence-electron chi connectivity index (χ3n) is 4.12. The highest BCUT2D eigenvalue weighted by molar-refractivity contribution is 5.68. The molecule has 5 heteroatoms. The average molecular weight is 308 g/mol. The van der Waals surface area contributed by atoms with E-state index in [1.54, 1.807) is 23.0 Å². The lowest BCUT2D eigenvalue weighted by Gasteiger charge is -2.09. The van der Waals surface area contributed by atoms with Gasteiger partial charge in [0.05, 0.1) is 5.69 Å². The summed E-state index contributed by atoms with van der Waals surface area (Å²) < 4.78 is 15.9. The molecule has 0 saturated heterocycles. The fraction of sp³-hybridized carbons (Fsp3) is 0.222. The molecule has 0 bridgehead atoms. The number of halogens is 1. The van der Waals surface area contributed by atoms with Crippen molar-refractivity contribution in [2.24, 2.45) is 0 Å². The summed E-state index contributed by atoms with van der Waals surface area (Å²) in [5.74, 6) is 0.602. The van der Waals surface area contributed by atoms with Crippen molar-refractivity contribution in [1.29, 1.82) is 0 Å². The van der Waals surface area contributed by atoms with E-state index in [0.717, 1.165) is 48.6 Å². The molecule has 0 radical (unpaired) electrons. The van der Waals surface area contributed by atoms with Gasteiger partial charge in [-0.05, 0) is 43.5 Å². The van der Waals surface area contributed by atoms with Crippen LogP contribution in [0.2, 0.25) is 0 Å². The molecule has 0 saturated carbocycles. The predicted molar refractivity (Wildman–Crippen MR) is 88.2 cm³/mol. The van der Waals surface area contributed by atoms with Crippen LogP contribution in [0.3, 0.4) is 0 Å². The van der Waals surface area contributed by atoms with Crippen molar-refractivity contribution in [3.63, 3.8) is 0 Å². The van der Waals surface area contributed by atoms with Crippen LogP contribution in [0.5, 0.6) is 0 Å². The van der Waals surface area contributed by atoms with Gasteiger partial charge in [0.1, 0.15) is 23.0 Å². The van der Waals surface area contributed by atoms with E-state index in [4.69, 9.17) is 0 Å². The molecule has 2 aromatic heterocycles. The molecule has 0 unspecified atom stereocenters. The van der Waals surface area contributed by atoms with Crippen molar-refractivity contribution < 1.29 is 4.39 Å². The van der Waals surface area contributed by atoms with Crippen molar-refractivity contribution in [2.45, 2.75) is 19.3 Å². The largest absolute Gasteiger partial charge is 0.370 e. The molecule has 4 rings (SSSR count). The van der Waals surface area contributed by atoms with E-state index in [1.165, 1.54) is 6.07 Å². The number of nitrogens with one attached hydrogen (secondary N) is 1. The van der Waals surface area contributed by atoms with E-state index < -0.39 is 0 Å². The van der Waals surface area contributed by atoms with E-state index in [1.807, 2.05) is 24.3 Å². The molecule has 0 atom stereocenters. The maximum Gasteiger partial charge on any atom is 0.148 e. The number of fused-ring (bicyclic) bond motifs is 1. The van der Waals surface area contributed by atoms with Crippen molar-refractivity contribution in [3.05, 3.63) is 60.0 Å². The molecule has 1 aliphatic heterocycles. The third-order valence-corrected chi connectivity index (χ3v) is 4.12. The Morgan fingerprint density at radius 2 is 1.91 bits per heavy atom. The van der Waals surface area contributed by atoms with Crippen molar-refractivity contribution in [3.8, 4) is 17.1 Å². The number of para-hydroxylation sites is 1. The summed E-state index contributed by atoms with van der Waals surface area (Å²) in [5.41, 5.74) is 3.23. The Labute approximate surface area is 134 Å². The van der Waals surface area contributed by atoms with Gasteiger partial charge in [-0.2, -0.15) is 5.10 Å². The van der Waals surface area contributed by atoms with Gasteiger partial charge < -0.3 is 5.32 Å². The fourth-order valence-corrected chi connectivity index (χ4v) is 3.01. The van der Waals surface area contributed by atoms with Crippen LogP contribution in [0.4, 0.5) is 10.2 Å². The second kappa shape index (κ2) is 5.83. The van der Waals surface area contributed by atoms with Gasteiger partial charge in [0.2, 0.25) is 0 Å². The quantitative estimate of drug-likeness (QED) is 0.782. The van der Waals surface area contributed by atoms with Crippen LogP contribution in [-0.2, 0) is 6.42 Å². The topological polar surface area (TPSA) is 42.7 Å². The third kappa shape index (κ3) is 2.48. The molecule has 4 nitrogen and oxygen atoms in total. The van der Waals surface area contributed by atoms with Gasteiger partial charge in [-0.1, -0.05) is 18.2 Å². The zero-order valence-corrected chi connectivity index (χ0v) is 12.7. The molecule has 3 aromatic rings. The normalized spacial score (nSPS) is 14.0. The van der Waals surface area contributed by atoms with Gasteiger partial charge in [-0.25, -0.2) is 9.07 Å². The maximum atomic E-state index is 14.3. The molecule has 0 aliphatic carbocycles. The molecular weight excluding hydrogens is 291 g/mol. The number of pyridine rings is 1. The highest BCUT2D eigenvalue weighted by Crippen LogP contribution is 2.33. The number of nitrogens with zero attached hydrogens (tertiary/aromatic N) is 3. The zero-order chi connectivity index (χ0) is 15.6. The van der Waals surface area contributed by atoms with E-state index in [9.17, 15) is 4.39 Å². The second-order valence-electron chi connectivity index (χ2n) is 5.64. The van der Waals surface area contributed by atoms with E-state index in [2.05, 4.69) is 15.4 Å². The summed E-state index contributed by atoms with van der Waals surface area (Å²) in [6.07, 6.45) is 4.85. The number of aromatic nitrogens is 3. The number of hydrogen-bond acceptors (Lipinski definition) is 3. The molecular formula is C18H17FN4. The Hall–Kier alpha value is -2.69. The Bertz CT molecular complexity index is 826. The number of hydrogen-bond donors (Lipinski definition) is 1. The first-order valence-electron chi connectivity index (χ1n) is 7.86. The summed E-state index contributed by atoms with van der Waals surface area (Å²) in [7, 11) is 0. The first kappa shape index (κ1) is 13.9. The molecule has 1 aliphatic rings. The smallest absolute Gasteiger partial charge is 0.148 e. The number of anilines is 1. The lowest BCUT2D eigenvalue weighted by atomic mass is 10.1. The standard InChI is InChI=1S/C18H17FN4/c19-14-8-1-2-10-16(14)23-18-13(7-3-5-12-21-18)17(22-23)15-9-4-6-11-20-15/h1-2,4,6,8-11,21H,3,5,7,12H2. The van der Waals surface area contributed by atoms with Gasteiger partial charge in [0, 0.05) is 18.3 Å². The molecule has 1 aromatic carbocycles. The van der Waals surface area contributed by atoms with Crippen LogP contribution < -0.4 is 5.32 Å². The average Bonchev–Trinajstić information content (AvgIpc) is 2.78. The summed E-state index contributed by atoms with van der Waals surface area (Å²) >= 11 is 0. The molecule has 0 spiro atoms. The summed E-state index contributed by atoms with van der Waals surface area (Å²) in [6, 6.07) is 12.5. The summed E-state index contributed by atoms with van der Waals surface area (Å²) in [6.45, 7) is 0.870. The monoisotopic (exact) mass is 308 g/mol. The highest BCUT2D eigenvalue weighted by atomic mass is 19.1. The van der Waals surface area contributed by atoms with Crippen LogP contribution in [0.25, 0.3) is 17.1 Å². The summed E-state index contributed by atoms with van der Waals surface area (Å²) in [4.78, 5) is 4.42. The predicted octanol–water partition coefficient (Wildman–Crippen LogP) is 3.82. The van der Waals surface area contributed by atoms with Gasteiger partial charge in [0.25, 0.3) is 0 Å². The van der Waals surface area contributed by atoms with Gasteiger partial charge in [0.15, 0.2) is 0 Å². The van der Waals surface area contributed by atoms with Crippen LogP contribution in [-0.4, -0.2) is 21.3 Å². The lowest BCUT2D eigenvalue weighted by Crippen LogP contribution is -2.08. The van der Waals surface area contributed by atoms with Crippen molar-refractivity contribution in [2.75, 3.05) is 11.9 Å². The second-order valence-corrected chi connectivity index (χ2v) is 5.64. The van der Waals surface area contributed by atoms with Crippen LogP contribution in [0.15, 0.2) is 48.7 Å². The molecule has 116 valence electrons. The van der Waals surface area contributed by atoms with E-state index in [0.29, 0.717) is 5.69 Å². The number of benzene rings is 1. The zero-order valence-electron chi connectivity index (χ0n) is 12.7. The first-order valence-corrected chi connectivity index (χ1v) is 7.86. The fourth-order valence-electron chi connectivity index (χ4n) is 3.01. The van der Waals surface area contributed by atoms with Gasteiger partial charge >= 0.3 is 0 Å². The first-order chi connectivity index (χ1) is 11.3. The molecule has 0 fully saturated rings. The Kier molecular flexibility index (Phi) is 3.54. The van der Waals surface area contributed by atoms with Gasteiger partial charge in [-0.15, -0.1) is 0 Å². The van der Waals surface area contributed by atoms with Crippen LogP contribution in [0, 0.1) is 5.82 Å². The Balaban J connectivity index is 1.94. The van der Waals surface area contributed by atoms with Crippen LogP contribution >= 0.6 is 0 Å². The van der Waals surface area contributed by atoms with Crippen LogP contribution in [0.1, 0.15) is 18.4 Å². The van der Waals surface area contributed by atoms with E-state index >= 15 is 0 Å². The Morgan fingerprint density at radius 1 is 1.04 bits per heavy atom. The lowest BCUT2D eigenvalue weighted by molar-refractivity contribution is 0.611. The molecule has 1 N–H and O–H groups in total. The number of rotatable bonds is 2.